The molecule has 1 heterocycles. The smallest absolute Gasteiger partial charge is 0.244 e. The van der Waals surface area contributed by atoms with Crippen LogP contribution >= 0.6 is 0 Å². The van der Waals surface area contributed by atoms with Crippen LogP contribution in [-0.4, -0.2) is 20.5 Å². The molecular formula is C15H18N2O3S. The third-order valence-corrected chi connectivity index (χ3v) is 4.63. The molecule has 1 aromatic carbocycles. The van der Waals surface area contributed by atoms with Crippen molar-refractivity contribution in [3.8, 4) is 5.75 Å². The number of hydrogen-bond acceptors (Lipinski definition) is 4. The number of aryl methyl sites for hydroxylation is 2. The van der Waals surface area contributed by atoms with Gasteiger partial charge in [-0.2, -0.15) is 0 Å². The monoisotopic (exact) mass is 306 g/mol. The second-order valence-corrected chi connectivity index (χ2v) is 6.46. The molecule has 2 rings (SSSR count). The highest BCUT2D eigenvalue weighted by Gasteiger charge is 2.22. The Kier molecular flexibility index (Phi) is 4.59. The van der Waals surface area contributed by atoms with Crippen LogP contribution in [0.15, 0.2) is 41.4 Å². The van der Waals surface area contributed by atoms with Gasteiger partial charge in [-0.15, -0.1) is 0 Å². The number of sulfonamides is 1. The highest BCUT2D eigenvalue weighted by atomic mass is 32.2. The van der Waals surface area contributed by atoms with Crippen LogP contribution in [0.1, 0.15) is 16.8 Å². The molecule has 112 valence electrons. The van der Waals surface area contributed by atoms with Crippen LogP contribution in [0.5, 0.6) is 5.75 Å². The highest BCUT2D eigenvalue weighted by Crippen LogP contribution is 2.28. The van der Waals surface area contributed by atoms with Crippen molar-refractivity contribution in [2.45, 2.75) is 25.3 Å². The third kappa shape index (κ3) is 3.59. The van der Waals surface area contributed by atoms with Gasteiger partial charge in [0.15, 0.2) is 0 Å². The maximum Gasteiger partial charge on any atom is 0.244 e. The molecule has 5 nitrogen and oxygen atoms in total. The number of aromatic nitrogens is 1. The van der Waals surface area contributed by atoms with Gasteiger partial charge in [0.1, 0.15) is 10.6 Å². The standard InChI is InChI=1S/C15H18N2O3S/c1-11-8-12(2)15(14(9-11)20-3)21(18,19)17-10-13-6-4-5-7-16-13/h4-9,17H,10H2,1-3H3. The van der Waals surface area contributed by atoms with Crippen LogP contribution < -0.4 is 9.46 Å². The Morgan fingerprint density at radius 1 is 1.24 bits per heavy atom. The van der Waals surface area contributed by atoms with E-state index in [0.717, 1.165) is 5.56 Å². The van der Waals surface area contributed by atoms with Crippen LogP contribution in [0.25, 0.3) is 0 Å². The molecule has 2 aromatic rings. The molecule has 21 heavy (non-hydrogen) atoms. The van der Waals surface area contributed by atoms with Crippen molar-refractivity contribution < 1.29 is 13.2 Å². The molecule has 0 aliphatic rings. The van der Waals surface area contributed by atoms with Crippen LogP contribution in [0.2, 0.25) is 0 Å². The molecular weight excluding hydrogens is 288 g/mol. The van der Waals surface area contributed by atoms with Crippen molar-refractivity contribution in [1.29, 1.82) is 0 Å². The van der Waals surface area contributed by atoms with Crippen molar-refractivity contribution in [1.82, 2.24) is 9.71 Å². The third-order valence-electron chi connectivity index (χ3n) is 3.04. The Hall–Kier alpha value is -1.92. The summed E-state index contributed by atoms with van der Waals surface area (Å²) in [5.74, 6) is 0.348. The minimum Gasteiger partial charge on any atom is -0.495 e. The van der Waals surface area contributed by atoms with Gasteiger partial charge in [-0.3, -0.25) is 4.98 Å². The van der Waals surface area contributed by atoms with Gasteiger partial charge in [-0.05, 0) is 43.2 Å². The van der Waals surface area contributed by atoms with Gasteiger partial charge in [-0.25, -0.2) is 13.1 Å². The van der Waals surface area contributed by atoms with Gasteiger partial charge in [0, 0.05) is 6.20 Å². The largest absolute Gasteiger partial charge is 0.495 e. The van der Waals surface area contributed by atoms with Crippen molar-refractivity contribution in [3.05, 3.63) is 53.3 Å². The lowest BCUT2D eigenvalue weighted by Crippen LogP contribution is -2.25. The van der Waals surface area contributed by atoms with Gasteiger partial charge in [-0.1, -0.05) is 12.1 Å². The summed E-state index contributed by atoms with van der Waals surface area (Å²) in [6, 6.07) is 8.89. The van der Waals surface area contributed by atoms with Crippen LogP contribution in [0, 0.1) is 13.8 Å². The Morgan fingerprint density at radius 2 is 2.00 bits per heavy atom. The van der Waals surface area contributed by atoms with E-state index in [1.54, 1.807) is 31.3 Å². The van der Waals surface area contributed by atoms with E-state index in [0.29, 0.717) is 17.0 Å². The Morgan fingerprint density at radius 3 is 2.62 bits per heavy atom. The average Bonchev–Trinajstić information content (AvgIpc) is 2.45. The molecule has 1 N–H and O–H groups in total. The lowest BCUT2D eigenvalue weighted by Gasteiger charge is -2.14. The molecule has 0 aliphatic heterocycles. The second-order valence-electron chi connectivity index (χ2n) is 4.76. The van der Waals surface area contributed by atoms with Crippen molar-refractivity contribution in [3.63, 3.8) is 0 Å². The van der Waals surface area contributed by atoms with Gasteiger partial charge in [0.05, 0.1) is 19.3 Å². The number of nitrogens with zero attached hydrogens (tertiary/aromatic N) is 1. The lowest BCUT2D eigenvalue weighted by molar-refractivity contribution is 0.401. The van der Waals surface area contributed by atoms with Crippen LogP contribution in [-0.2, 0) is 16.6 Å². The number of ether oxygens (including phenoxy) is 1. The first-order valence-electron chi connectivity index (χ1n) is 6.49. The first-order valence-corrected chi connectivity index (χ1v) is 7.97. The molecule has 0 bridgehead atoms. The maximum absolute atomic E-state index is 12.5. The average molecular weight is 306 g/mol. The molecule has 1 aromatic heterocycles. The summed E-state index contributed by atoms with van der Waals surface area (Å²) in [7, 11) is -2.20. The fourth-order valence-electron chi connectivity index (χ4n) is 2.16. The summed E-state index contributed by atoms with van der Waals surface area (Å²) in [6.07, 6.45) is 1.63. The Labute approximate surface area is 125 Å². The molecule has 0 unspecified atom stereocenters. The minimum absolute atomic E-state index is 0.139. The zero-order chi connectivity index (χ0) is 15.5. The molecule has 0 spiro atoms. The van der Waals surface area contributed by atoms with Crippen molar-refractivity contribution >= 4 is 10.0 Å². The zero-order valence-corrected chi connectivity index (χ0v) is 13.1. The number of hydrogen-bond donors (Lipinski definition) is 1. The first kappa shape index (κ1) is 15.5. The molecule has 6 heteroatoms. The summed E-state index contributed by atoms with van der Waals surface area (Å²) in [6.45, 7) is 3.79. The van der Waals surface area contributed by atoms with Gasteiger partial charge in [0.2, 0.25) is 10.0 Å². The van der Waals surface area contributed by atoms with Gasteiger partial charge >= 0.3 is 0 Å². The van der Waals surface area contributed by atoms with E-state index < -0.39 is 10.0 Å². The number of rotatable bonds is 5. The summed E-state index contributed by atoms with van der Waals surface area (Å²) in [5, 5.41) is 0. The molecule has 0 atom stereocenters. The summed E-state index contributed by atoms with van der Waals surface area (Å²) in [4.78, 5) is 4.27. The SMILES string of the molecule is COc1cc(C)cc(C)c1S(=O)(=O)NCc1ccccn1. The van der Waals surface area contributed by atoms with Gasteiger partial charge in [0.25, 0.3) is 0 Å². The van der Waals surface area contributed by atoms with E-state index in [4.69, 9.17) is 4.74 Å². The van der Waals surface area contributed by atoms with Crippen molar-refractivity contribution in [2.24, 2.45) is 0 Å². The van der Waals surface area contributed by atoms with Crippen LogP contribution in [0.3, 0.4) is 0 Å². The number of benzene rings is 1. The van der Waals surface area contributed by atoms with E-state index >= 15 is 0 Å². The Balaban J connectivity index is 2.32. The van der Waals surface area contributed by atoms with Crippen molar-refractivity contribution in [2.75, 3.05) is 7.11 Å². The minimum atomic E-state index is -3.66. The molecule has 0 amide bonds. The summed E-state index contributed by atoms with van der Waals surface area (Å²) < 4.78 is 32.8. The molecule has 0 aliphatic carbocycles. The summed E-state index contributed by atoms with van der Waals surface area (Å²) >= 11 is 0. The molecule has 0 saturated carbocycles. The van der Waals surface area contributed by atoms with E-state index in [1.807, 2.05) is 19.1 Å². The first-order chi connectivity index (χ1) is 9.94. The normalized spacial score (nSPS) is 11.4. The predicted molar refractivity (Wildman–Crippen MR) is 80.7 cm³/mol. The quantitative estimate of drug-likeness (QED) is 0.919. The maximum atomic E-state index is 12.5. The predicted octanol–water partition coefficient (Wildman–Crippen LogP) is 2.19. The lowest BCUT2D eigenvalue weighted by atomic mass is 10.1. The number of methoxy groups -OCH3 is 1. The Bertz CT molecular complexity index is 728. The van der Waals surface area contributed by atoms with E-state index in [2.05, 4.69) is 9.71 Å². The molecule has 0 fully saturated rings. The fraction of sp³-hybridized carbons (Fsp3) is 0.267. The highest BCUT2D eigenvalue weighted by molar-refractivity contribution is 7.89. The van der Waals surface area contributed by atoms with E-state index in [9.17, 15) is 8.42 Å². The summed E-state index contributed by atoms with van der Waals surface area (Å²) in [5.41, 5.74) is 2.26. The van der Waals surface area contributed by atoms with Crippen LogP contribution in [0.4, 0.5) is 0 Å². The molecule has 0 radical (unpaired) electrons. The van der Waals surface area contributed by atoms with Gasteiger partial charge < -0.3 is 4.74 Å². The fourth-order valence-corrected chi connectivity index (χ4v) is 3.53. The number of nitrogens with one attached hydrogen (secondary N) is 1. The zero-order valence-electron chi connectivity index (χ0n) is 12.3. The topological polar surface area (TPSA) is 68.3 Å². The number of pyridine rings is 1. The second kappa shape index (κ2) is 6.24. The van der Waals surface area contributed by atoms with E-state index in [1.165, 1.54) is 7.11 Å². The van der Waals surface area contributed by atoms with E-state index in [-0.39, 0.29) is 11.4 Å². The molecule has 0 saturated heterocycles.